The predicted molar refractivity (Wildman–Crippen MR) is 67.4 cm³/mol. The van der Waals surface area contributed by atoms with E-state index in [0.29, 0.717) is 5.54 Å². The number of aliphatic hydroxyl groups is 1. The largest absolute Gasteiger partial charge is 0.393 e. The molecule has 84 valence electrons. The van der Waals surface area contributed by atoms with Gasteiger partial charge in [-0.15, -0.1) is 6.58 Å². The van der Waals surface area contributed by atoms with Crippen molar-refractivity contribution in [2.75, 3.05) is 0 Å². The van der Waals surface area contributed by atoms with E-state index in [1.165, 1.54) is 12.8 Å². The molecule has 0 saturated heterocycles. The molecule has 0 aliphatic heterocycles. The Labute approximate surface area is 90.2 Å². The standard InChI is InChI=1S/C12H26OSi/c1-6-8-9-10-11(13)12(7-2)14(3,4)5/h7,11-13H,2,6,8-10H2,1,3-5H3. The number of unbranched alkanes of at least 4 members (excludes halogenated alkanes) is 2. The molecule has 0 aromatic carbocycles. The quantitative estimate of drug-likeness (QED) is 0.388. The summed E-state index contributed by atoms with van der Waals surface area (Å²) >= 11 is 0. The number of hydrogen-bond donors (Lipinski definition) is 1. The van der Waals surface area contributed by atoms with Crippen LogP contribution >= 0.6 is 0 Å². The average molecular weight is 214 g/mol. The Morgan fingerprint density at radius 1 is 1.29 bits per heavy atom. The lowest BCUT2D eigenvalue weighted by Gasteiger charge is -2.30. The van der Waals surface area contributed by atoms with Gasteiger partial charge in [-0.3, -0.25) is 0 Å². The fourth-order valence-corrected chi connectivity index (χ4v) is 3.90. The molecule has 0 spiro atoms. The number of rotatable bonds is 7. The molecule has 0 heterocycles. The minimum Gasteiger partial charge on any atom is -0.393 e. The van der Waals surface area contributed by atoms with Crippen molar-refractivity contribution in [3.63, 3.8) is 0 Å². The fourth-order valence-electron chi connectivity index (χ4n) is 1.87. The maximum Gasteiger partial charge on any atom is 0.0578 e. The summed E-state index contributed by atoms with van der Waals surface area (Å²) in [5.74, 6) is 0. The average Bonchev–Trinajstić information content (AvgIpc) is 2.03. The van der Waals surface area contributed by atoms with Gasteiger partial charge in [0.25, 0.3) is 0 Å². The highest BCUT2D eigenvalue weighted by molar-refractivity contribution is 6.78. The van der Waals surface area contributed by atoms with Gasteiger partial charge in [0.2, 0.25) is 0 Å². The molecule has 0 fully saturated rings. The van der Waals surface area contributed by atoms with Crippen LogP contribution in [0.1, 0.15) is 32.6 Å². The van der Waals surface area contributed by atoms with E-state index < -0.39 is 8.07 Å². The Hall–Kier alpha value is -0.0831. The van der Waals surface area contributed by atoms with Crippen molar-refractivity contribution in [2.45, 2.75) is 63.9 Å². The molecule has 0 rings (SSSR count). The molecular weight excluding hydrogens is 188 g/mol. The summed E-state index contributed by atoms with van der Waals surface area (Å²) in [5, 5.41) is 10.0. The van der Waals surface area contributed by atoms with Gasteiger partial charge in [0.1, 0.15) is 0 Å². The van der Waals surface area contributed by atoms with Crippen LogP contribution in [0.3, 0.4) is 0 Å². The van der Waals surface area contributed by atoms with Crippen molar-refractivity contribution in [3.05, 3.63) is 12.7 Å². The zero-order valence-corrected chi connectivity index (χ0v) is 11.2. The highest BCUT2D eigenvalue weighted by Gasteiger charge is 2.29. The first kappa shape index (κ1) is 13.9. The van der Waals surface area contributed by atoms with Crippen molar-refractivity contribution < 1.29 is 5.11 Å². The van der Waals surface area contributed by atoms with Crippen molar-refractivity contribution >= 4 is 8.07 Å². The Morgan fingerprint density at radius 2 is 1.86 bits per heavy atom. The third kappa shape index (κ3) is 4.96. The van der Waals surface area contributed by atoms with Crippen LogP contribution in [0, 0.1) is 0 Å². The summed E-state index contributed by atoms with van der Waals surface area (Å²) in [6.45, 7) is 12.9. The normalized spacial score (nSPS) is 16.4. The minimum absolute atomic E-state index is 0.161. The zero-order valence-electron chi connectivity index (χ0n) is 10.2. The van der Waals surface area contributed by atoms with E-state index in [1.807, 2.05) is 6.08 Å². The lowest BCUT2D eigenvalue weighted by atomic mass is 10.1. The summed E-state index contributed by atoms with van der Waals surface area (Å²) in [6.07, 6.45) is 6.33. The molecule has 2 atom stereocenters. The van der Waals surface area contributed by atoms with Crippen molar-refractivity contribution in [3.8, 4) is 0 Å². The Morgan fingerprint density at radius 3 is 2.21 bits per heavy atom. The summed E-state index contributed by atoms with van der Waals surface area (Å²) in [5.41, 5.74) is 0.347. The lowest BCUT2D eigenvalue weighted by Crippen LogP contribution is -2.35. The summed E-state index contributed by atoms with van der Waals surface area (Å²) in [4.78, 5) is 0. The molecule has 0 bridgehead atoms. The molecule has 2 unspecified atom stereocenters. The van der Waals surface area contributed by atoms with E-state index in [-0.39, 0.29) is 6.10 Å². The second-order valence-electron chi connectivity index (χ2n) is 5.19. The van der Waals surface area contributed by atoms with Crippen LogP contribution in [0.25, 0.3) is 0 Å². The van der Waals surface area contributed by atoms with Crippen LogP contribution in [0.15, 0.2) is 12.7 Å². The summed E-state index contributed by atoms with van der Waals surface area (Å²) in [7, 11) is -1.28. The first-order valence-corrected chi connectivity index (χ1v) is 9.31. The van der Waals surface area contributed by atoms with Crippen LogP contribution in [0.2, 0.25) is 25.2 Å². The van der Waals surface area contributed by atoms with E-state index >= 15 is 0 Å². The second kappa shape index (κ2) is 6.41. The highest BCUT2D eigenvalue weighted by Crippen LogP contribution is 2.29. The topological polar surface area (TPSA) is 20.2 Å². The van der Waals surface area contributed by atoms with Gasteiger partial charge in [-0.2, -0.15) is 0 Å². The van der Waals surface area contributed by atoms with Crippen molar-refractivity contribution in [1.29, 1.82) is 0 Å². The summed E-state index contributed by atoms with van der Waals surface area (Å²) < 4.78 is 0. The molecule has 14 heavy (non-hydrogen) atoms. The Bertz CT molecular complexity index is 160. The number of hydrogen-bond acceptors (Lipinski definition) is 1. The van der Waals surface area contributed by atoms with Gasteiger partial charge in [0, 0.05) is 0 Å². The molecule has 2 heteroatoms. The maximum atomic E-state index is 10.0. The van der Waals surface area contributed by atoms with Gasteiger partial charge in [-0.25, -0.2) is 0 Å². The van der Waals surface area contributed by atoms with Gasteiger partial charge < -0.3 is 5.11 Å². The molecule has 0 saturated carbocycles. The molecule has 1 nitrogen and oxygen atoms in total. The molecule has 1 N–H and O–H groups in total. The Kier molecular flexibility index (Phi) is 6.37. The molecule has 0 aliphatic carbocycles. The van der Waals surface area contributed by atoms with E-state index in [0.717, 1.165) is 12.8 Å². The van der Waals surface area contributed by atoms with E-state index in [4.69, 9.17) is 0 Å². The second-order valence-corrected chi connectivity index (χ2v) is 10.6. The highest BCUT2D eigenvalue weighted by atomic mass is 28.3. The third-order valence-corrected chi connectivity index (χ3v) is 5.39. The molecule has 0 radical (unpaired) electrons. The summed E-state index contributed by atoms with van der Waals surface area (Å²) in [6, 6.07) is 0. The lowest BCUT2D eigenvalue weighted by molar-refractivity contribution is 0.162. The van der Waals surface area contributed by atoms with Gasteiger partial charge in [0.15, 0.2) is 0 Å². The van der Waals surface area contributed by atoms with Crippen LogP contribution in [0.4, 0.5) is 0 Å². The van der Waals surface area contributed by atoms with Gasteiger partial charge in [-0.1, -0.05) is 51.9 Å². The molecule has 0 aromatic rings. The fraction of sp³-hybridized carbons (Fsp3) is 0.833. The van der Waals surface area contributed by atoms with Crippen LogP contribution in [-0.4, -0.2) is 19.3 Å². The van der Waals surface area contributed by atoms with Crippen molar-refractivity contribution in [1.82, 2.24) is 0 Å². The molecule has 0 aliphatic rings. The van der Waals surface area contributed by atoms with E-state index in [1.54, 1.807) is 0 Å². The zero-order chi connectivity index (χ0) is 11.2. The third-order valence-electron chi connectivity index (χ3n) is 2.77. The monoisotopic (exact) mass is 214 g/mol. The van der Waals surface area contributed by atoms with Crippen LogP contribution in [0.5, 0.6) is 0 Å². The van der Waals surface area contributed by atoms with Crippen LogP contribution < -0.4 is 0 Å². The van der Waals surface area contributed by atoms with E-state index in [2.05, 4.69) is 33.1 Å². The van der Waals surface area contributed by atoms with Crippen molar-refractivity contribution in [2.24, 2.45) is 0 Å². The molecule has 0 amide bonds. The Balaban J connectivity index is 4.05. The predicted octanol–water partition coefficient (Wildman–Crippen LogP) is 3.82. The van der Waals surface area contributed by atoms with E-state index in [9.17, 15) is 5.11 Å². The molecule has 0 aromatic heterocycles. The van der Waals surface area contributed by atoms with Crippen LogP contribution in [-0.2, 0) is 0 Å². The van der Waals surface area contributed by atoms with Gasteiger partial charge in [0.05, 0.1) is 14.2 Å². The first-order valence-electron chi connectivity index (χ1n) is 5.74. The van der Waals surface area contributed by atoms with Gasteiger partial charge >= 0.3 is 0 Å². The minimum atomic E-state index is -1.28. The van der Waals surface area contributed by atoms with Gasteiger partial charge in [-0.05, 0) is 12.0 Å². The SMILES string of the molecule is C=CC(C(O)CCCCC)[Si](C)(C)C. The maximum absolute atomic E-state index is 10.0. The molecular formula is C12H26OSi. The number of aliphatic hydroxyl groups excluding tert-OH is 1. The first-order chi connectivity index (χ1) is 6.43. The smallest absolute Gasteiger partial charge is 0.0578 e.